The number of rotatable bonds is 1. The zero-order valence-electron chi connectivity index (χ0n) is 10.7. The molecule has 0 spiro atoms. The van der Waals surface area contributed by atoms with Gasteiger partial charge in [-0.1, -0.05) is 18.2 Å². The van der Waals surface area contributed by atoms with Gasteiger partial charge >= 0.3 is 0 Å². The average molecular weight is 311 g/mol. The molecule has 0 radical (unpaired) electrons. The lowest BCUT2D eigenvalue weighted by Crippen LogP contribution is -2.41. The summed E-state index contributed by atoms with van der Waals surface area (Å²) in [6.07, 6.45) is -1.84. The molecular weight excluding hydrogens is 299 g/mol. The van der Waals surface area contributed by atoms with Gasteiger partial charge in [0.25, 0.3) is 7.82 Å². The molecule has 0 amide bonds. The minimum atomic E-state index is -4.36. The highest BCUT2D eigenvalue weighted by Gasteiger charge is 2.50. The van der Waals surface area contributed by atoms with Crippen LogP contribution in [0.25, 0.3) is 10.9 Å². The van der Waals surface area contributed by atoms with Gasteiger partial charge in [0.1, 0.15) is 18.3 Å². The summed E-state index contributed by atoms with van der Waals surface area (Å²) in [6.45, 7) is -0.167. The number of benzene rings is 1. The van der Waals surface area contributed by atoms with Gasteiger partial charge in [-0.25, -0.2) is 4.68 Å². The Balaban J connectivity index is 1.66. The standard InChI is InChI=1S/C12H13N2O6P/c15-10-11-9(6-18-21(16,17)20-11)19-12(10)14-5-7-3-1-2-4-8(7)13-14/h1-5,9-12,15H,6H2,(H,16,17)/p-1/t9-,10-,11-,12-/m1/s1. The fraction of sp³-hybridized carbons (Fsp3) is 0.417. The van der Waals surface area contributed by atoms with E-state index >= 15 is 0 Å². The minimum absolute atomic E-state index is 0.167. The maximum absolute atomic E-state index is 11.3. The van der Waals surface area contributed by atoms with Crippen LogP contribution in [0.5, 0.6) is 0 Å². The highest BCUT2D eigenvalue weighted by molar-refractivity contribution is 7.45. The second-order valence-corrected chi connectivity index (χ2v) is 6.40. The van der Waals surface area contributed by atoms with Crippen molar-refractivity contribution in [3.05, 3.63) is 30.5 Å². The zero-order valence-corrected chi connectivity index (χ0v) is 11.6. The van der Waals surface area contributed by atoms with Gasteiger partial charge in [0.05, 0.1) is 12.1 Å². The van der Waals surface area contributed by atoms with Crippen molar-refractivity contribution in [2.75, 3.05) is 6.61 Å². The number of phosphoric ester groups is 1. The lowest BCUT2D eigenvalue weighted by molar-refractivity contribution is -0.245. The summed E-state index contributed by atoms with van der Waals surface area (Å²) in [5.41, 5.74) is 0.759. The normalized spacial score (nSPS) is 39.5. The first-order valence-corrected chi connectivity index (χ1v) is 7.91. The molecule has 3 heterocycles. The number of fused-ring (bicyclic) bond motifs is 2. The third-order valence-electron chi connectivity index (χ3n) is 3.65. The van der Waals surface area contributed by atoms with E-state index in [1.165, 1.54) is 4.68 Å². The second kappa shape index (κ2) is 4.61. The molecule has 2 aliphatic rings. The minimum Gasteiger partial charge on any atom is -0.756 e. The van der Waals surface area contributed by atoms with Crippen molar-refractivity contribution in [3.63, 3.8) is 0 Å². The summed E-state index contributed by atoms with van der Waals surface area (Å²) >= 11 is 0. The van der Waals surface area contributed by atoms with E-state index in [2.05, 4.69) is 9.62 Å². The Morgan fingerprint density at radius 2 is 2.24 bits per heavy atom. The quantitative estimate of drug-likeness (QED) is 0.749. The molecular formula is C12H12N2O6P-. The number of aliphatic hydroxyl groups is 1. The van der Waals surface area contributed by atoms with Crippen LogP contribution in [0.4, 0.5) is 0 Å². The molecule has 2 fully saturated rings. The lowest BCUT2D eigenvalue weighted by Gasteiger charge is -2.34. The van der Waals surface area contributed by atoms with E-state index in [4.69, 9.17) is 9.26 Å². The Kier molecular flexibility index (Phi) is 2.94. The molecule has 2 aliphatic heterocycles. The summed E-state index contributed by atoms with van der Waals surface area (Å²) in [6, 6.07) is 7.46. The Morgan fingerprint density at radius 1 is 1.43 bits per heavy atom. The van der Waals surface area contributed by atoms with Crippen molar-refractivity contribution < 1.29 is 28.3 Å². The number of hydrogen-bond donors (Lipinski definition) is 1. The van der Waals surface area contributed by atoms with Crippen molar-refractivity contribution in [2.45, 2.75) is 24.5 Å². The maximum Gasteiger partial charge on any atom is 0.268 e. The van der Waals surface area contributed by atoms with E-state index in [9.17, 15) is 14.6 Å². The monoisotopic (exact) mass is 311 g/mol. The van der Waals surface area contributed by atoms with E-state index in [1.54, 1.807) is 6.20 Å². The van der Waals surface area contributed by atoms with Gasteiger partial charge < -0.3 is 23.8 Å². The van der Waals surface area contributed by atoms with Crippen LogP contribution in [0, 0.1) is 0 Å². The number of aromatic nitrogens is 2. The number of nitrogens with zero attached hydrogens (tertiary/aromatic N) is 2. The first-order valence-electron chi connectivity index (χ1n) is 6.45. The Labute approximate surface area is 119 Å². The zero-order chi connectivity index (χ0) is 14.6. The van der Waals surface area contributed by atoms with Gasteiger partial charge in [0, 0.05) is 11.6 Å². The van der Waals surface area contributed by atoms with E-state index < -0.39 is 32.4 Å². The van der Waals surface area contributed by atoms with Crippen LogP contribution in [0.1, 0.15) is 6.23 Å². The first-order chi connectivity index (χ1) is 10.0. The summed E-state index contributed by atoms with van der Waals surface area (Å²) in [5.74, 6) is 0. The number of hydrogen-bond acceptors (Lipinski definition) is 7. The highest BCUT2D eigenvalue weighted by atomic mass is 31.2. The van der Waals surface area contributed by atoms with Crippen molar-refractivity contribution in [1.29, 1.82) is 0 Å². The fourth-order valence-electron chi connectivity index (χ4n) is 2.66. The molecule has 1 N–H and O–H groups in total. The molecule has 9 heteroatoms. The molecule has 112 valence electrons. The largest absolute Gasteiger partial charge is 0.756 e. The van der Waals surface area contributed by atoms with Gasteiger partial charge in [-0.3, -0.25) is 4.57 Å². The Hall–Kier alpha value is -1.28. The van der Waals surface area contributed by atoms with Crippen molar-refractivity contribution in [2.24, 2.45) is 0 Å². The van der Waals surface area contributed by atoms with Crippen LogP contribution < -0.4 is 4.89 Å². The van der Waals surface area contributed by atoms with Crippen molar-refractivity contribution in [3.8, 4) is 0 Å². The van der Waals surface area contributed by atoms with Crippen LogP contribution in [0.2, 0.25) is 0 Å². The predicted octanol–water partition coefficient (Wildman–Crippen LogP) is 0.178. The molecule has 4 rings (SSSR count). The third-order valence-corrected chi connectivity index (χ3v) is 4.62. The second-order valence-electron chi connectivity index (χ2n) is 5.04. The number of phosphoric acid groups is 1. The smallest absolute Gasteiger partial charge is 0.268 e. The Morgan fingerprint density at radius 3 is 3.05 bits per heavy atom. The van der Waals surface area contributed by atoms with Crippen LogP contribution >= 0.6 is 7.82 Å². The molecule has 1 aromatic heterocycles. The van der Waals surface area contributed by atoms with Gasteiger partial charge in [0.15, 0.2) is 6.23 Å². The van der Waals surface area contributed by atoms with Crippen LogP contribution in [-0.2, 0) is 18.3 Å². The van der Waals surface area contributed by atoms with Crippen molar-refractivity contribution >= 4 is 18.7 Å². The average Bonchev–Trinajstić information content (AvgIpc) is 3.00. The fourth-order valence-corrected chi connectivity index (χ4v) is 3.61. The summed E-state index contributed by atoms with van der Waals surface area (Å²) in [7, 11) is -4.36. The number of ether oxygens (including phenoxy) is 1. The van der Waals surface area contributed by atoms with E-state index in [0.717, 1.165) is 10.9 Å². The summed E-state index contributed by atoms with van der Waals surface area (Å²) < 4.78 is 27.8. The molecule has 0 aliphatic carbocycles. The molecule has 2 aromatic rings. The van der Waals surface area contributed by atoms with E-state index in [1.807, 2.05) is 24.3 Å². The molecule has 5 atom stereocenters. The molecule has 0 saturated carbocycles. The van der Waals surface area contributed by atoms with Crippen LogP contribution in [0.3, 0.4) is 0 Å². The highest BCUT2D eigenvalue weighted by Crippen LogP contribution is 2.49. The molecule has 1 unspecified atom stereocenters. The van der Waals surface area contributed by atoms with Gasteiger partial charge in [0.2, 0.25) is 0 Å². The topological polar surface area (TPSA) is 106 Å². The Bertz CT molecular complexity index is 700. The van der Waals surface area contributed by atoms with Gasteiger partial charge in [-0.05, 0) is 6.07 Å². The molecule has 0 bridgehead atoms. The van der Waals surface area contributed by atoms with Crippen LogP contribution in [0.15, 0.2) is 30.5 Å². The van der Waals surface area contributed by atoms with Gasteiger partial charge in [-0.2, -0.15) is 5.10 Å². The van der Waals surface area contributed by atoms with E-state index in [-0.39, 0.29) is 6.61 Å². The molecule has 21 heavy (non-hydrogen) atoms. The summed E-state index contributed by atoms with van der Waals surface area (Å²) in [4.78, 5) is 11.3. The molecule has 1 aromatic carbocycles. The SMILES string of the molecule is O=P1([O-])OC[C@H]2O[C@@H](n3cc4ccccc4n3)[C@H](O)[C@@H]2O1. The summed E-state index contributed by atoms with van der Waals surface area (Å²) in [5, 5.41) is 15.5. The lowest BCUT2D eigenvalue weighted by atomic mass is 10.1. The van der Waals surface area contributed by atoms with Crippen molar-refractivity contribution in [1.82, 2.24) is 9.78 Å². The molecule has 8 nitrogen and oxygen atoms in total. The first kappa shape index (κ1) is 13.4. The third kappa shape index (κ3) is 2.20. The maximum atomic E-state index is 11.3. The van der Waals surface area contributed by atoms with E-state index in [0.29, 0.717) is 0 Å². The van der Waals surface area contributed by atoms with Crippen LogP contribution in [-0.4, -0.2) is 39.8 Å². The number of aliphatic hydroxyl groups excluding tert-OH is 1. The predicted molar refractivity (Wildman–Crippen MR) is 68.1 cm³/mol. The van der Waals surface area contributed by atoms with Gasteiger partial charge in [-0.15, -0.1) is 0 Å². The molecule has 2 saturated heterocycles.